The summed E-state index contributed by atoms with van der Waals surface area (Å²) in [7, 11) is 0. The molecule has 35 heavy (non-hydrogen) atoms. The molecule has 178 valence electrons. The number of fused-ring (bicyclic) bond motifs is 1. The largest absolute Gasteiger partial charge is 0.378 e. The van der Waals surface area contributed by atoms with E-state index in [1.807, 2.05) is 6.07 Å². The fourth-order valence-corrected chi connectivity index (χ4v) is 4.29. The number of hydrogen-bond donors (Lipinski definition) is 0. The standard InChI is InChI=1S/C26H23FN4O4/c1-17-15-21(24(32)29-11-13-35-14-12-29)22-23(28-17)31(20-5-3-2-4-6-20)26(34)30(25(22)33)16-18-7-9-19(27)10-8-18/h2-10,15H,11-14,16H2,1H3. The number of nitrogens with zero attached hydrogens (tertiary/aromatic N) is 4. The first-order valence-electron chi connectivity index (χ1n) is 11.3. The van der Waals surface area contributed by atoms with E-state index in [1.54, 1.807) is 42.2 Å². The van der Waals surface area contributed by atoms with Gasteiger partial charge in [0.15, 0.2) is 5.65 Å². The Balaban J connectivity index is 1.81. The lowest BCUT2D eigenvalue weighted by Gasteiger charge is -2.27. The van der Waals surface area contributed by atoms with Crippen LogP contribution in [0.4, 0.5) is 4.39 Å². The highest BCUT2D eigenvalue weighted by molar-refractivity contribution is 6.05. The Morgan fingerprint density at radius 2 is 1.71 bits per heavy atom. The highest BCUT2D eigenvalue weighted by atomic mass is 19.1. The van der Waals surface area contributed by atoms with Crippen LogP contribution in [-0.2, 0) is 11.3 Å². The third-order valence-corrected chi connectivity index (χ3v) is 6.02. The number of benzene rings is 2. The van der Waals surface area contributed by atoms with Gasteiger partial charge in [-0.1, -0.05) is 30.3 Å². The number of ether oxygens (including phenoxy) is 1. The Morgan fingerprint density at radius 1 is 1.03 bits per heavy atom. The van der Waals surface area contributed by atoms with Crippen molar-refractivity contribution in [3.8, 4) is 5.69 Å². The molecule has 4 aromatic rings. The van der Waals surface area contributed by atoms with Crippen LogP contribution in [0, 0.1) is 12.7 Å². The van der Waals surface area contributed by atoms with E-state index in [0.717, 1.165) is 4.57 Å². The van der Waals surface area contributed by atoms with Crippen LogP contribution in [0.5, 0.6) is 0 Å². The number of amides is 1. The van der Waals surface area contributed by atoms with Crippen molar-refractivity contribution < 1.29 is 13.9 Å². The van der Waals surface area contributed by atoms with Gasteiger partial charge < -0.3 is 9.64 Å². The Morgan fingerprint density at radius 3 is 2.40 bits per heavy atom. The second kappa shape index (κ2) is 9.27. The number of pyridine rings is 1. The minimum absolute atomic E-state index is 0.0673. The van der Waals surface area contributed by atoms with Gasteiger partial charge in [-0.25, -0.2) is 18.7 Å². The van der Waals surface area contributed by atoms with Gasteiger partial charge in [-0.2, -0.15) is 0 Å². The zero-order chi connectivity index (χ0) is 24.5. The number of halogens is 1. The fraction of sp³-hybridized carbons (Fsp3) is 0.231. The zero-order valence-corrected chi connectivity index (χ0v) is 19.1. The first kappa shape index (κ1) is 22.7. The molecule has 0 unspecified atom stereocenters. The van der Waals surface area contributed by atoms with E-state index >= 15 is 0 Å². The molecule has 0 saturated carbocycles. The Hall–Kier alpha value is -4.11. The summed E-state index contributed by atoms with van der Waals surface area (Å²) in [5, 5.41) is 0.0673. The van der Waals surface area contributed by atoms with Crippen LogP contribution in [0.15, 0.2) is 70.3 Å². The fourth-order valence-electron chi connectivity index (χ4n) is 4.29. The molecule has 0 spiro atoms. The van der Waals surface area contributed by atoms with Crippen molar-refractivity contribution in [3.05, 3.63) is 104 Å². The van der Waals surface area contributed by atoms with Crippen molar-refractivity contribution in [2.45, 2.75) is 13.5 Å². The molecule has 5 rings (SSSR count). The van der Waals surface area contributed by atoms with Crippen LogP contribution in [0.25, 0.3) is 16.7 Å². The van der Waals surface area contributed by atoms with Crippen molar-refractivity contribution in [2.24, 2.45) is 0 Å². The molecule has 9 heteroatoms. The monoisotopic (exact) mass is 474 g/mol. The molecular weight excluding hydrogens is 451 g/mol. The molecule has 8 nitrogen and oxygen atoms in total. The van der Waals surface area contributed by atoms with Crippen molar-refractivity contribution >= 4 is 16.9 Å². The molecule has 1 saturated heterocycles. The maximum Gasteiger partial charge on any atom is 0.337 e. The van der Waals surface area contributed by atoms with E-state index in [9.17, 15) is 18.8 Å². The van der Waals surface area contributed by atoms with Crippen LogP contribution in [0.2, 0.25) is 0 Å². The lowest BCUT2D eigenvalue weighted by Crippen LogP contribution is -2.43. The maximum absolute atomic E-state index is 13.8. The van der Waals surface area contributed by atoms with Gasteiger partial charge in [0, 0.05) is 18.8 Å². The van der Waals surface area contributed by atoms with Crippen molar-refractivity contribution in [2.75, 3.05) is 26.3 Å². The SMILES string of the molecule is Cc1cc(C(=O)N2CCOCC2)c2c(=O)n(Cc3ccc(F)cc3)c(=O)n(-c3ccccc3)c2n1. The lowest BCUT2D eigenvalue weighted by atomic mass is 10.1. The first-order chi connectivity index (χ1) is 16.9. The Bertz CT molecular complexity index is 1520. The van der Waals surface area contributed by atoms with E-state index < -0.39 is 17.1 Å². The normalized spacial score (nSPS) is 13.8. The van der Waals surface area contributed by atoms with Gasteiger partial charge in [0.05, 0.1) is 36.4 Å². The first-order valence-corrected chi connectivity index (χ1v) is 11.3. The van der Waals surface area contributed by atoms with Gasteiger partial charge in [0.2, 0.25) is 0 Å². The maximum atomic E-state index is 13.8. The Labute approximate surface area is 199 Å². The average molecular weight is 474 g/mol. The molecule has 0 bridgehead atoms. The minimum Gasteiger partial charge on any atom is -0.378 e. The van der Waals surface area contributed by atoms with E-state index in [4.69, 9.17) is 4.74 Å². The minimum atomic E-state index is -0.620. The number of morpholine rings is 1. The molecule has 1 aliphatic heterocycles. The van der Waals surface area contributed by atoms with Gasteiger partial charge in [0.1, 0.15) is 5.82 Å². The van der Waals surface area contributed by atoms with Crippen LogP contribution >= 0.6 is 0 Å². The Kier molecular flexibility index (Phi) is 6.00. The molecule has 2 aromatic heterocycles. The summed E-state index contributed by atoms with van der Waals surface area (Å²) in [5.41, 5.74) is 0.694. The van der Waals surface area contributed by atoms with Gasteiger partial charge in [-0.3, -0.25) is 14.2 Å². The molecule has 1 aliphatic rings. The van der Waals surface area contributed by atoms with Crippen molar-refractivity contribution in [3.63, 3.8) is 0 Å². The number of aryl methyl sites for hydroxylation is 1. The number of hydrogen-bond acceptors (Lipinski definition) is 5. The second-order valence-electron chi connectivity index (χ2n) is 8.39. The van der Waals surface area contributed by atoms with Crippen molar-refractivity contribution in [1.29, 1.82) is 0 Å². The summed E-state index contributed by atoms with van der Waals surface area (Å²) in [6.07, 6.45) is 0. The number of carbonyl (C=O) groups is 1. The highest BCUT2D eigenvalue weighted by Gasteiger charge is 2.26. The summed E-state index contributed by atoms with van der Waals surface area (Å²) < 4.78 is 21.2. The molecule has 0 radical (unpaired) electrons. The predicted molar refractivity (Wildman–Crippen MR) is 129 cm³/mol. The summed E-state index contributed by atoms with van der Waals surface area (Å²) in [6, 6.07) is 16.0. The summed E-state index contributed by atoms with van der Waals surface area (Å²) >= 11 is 0. The van der Waals surface area contributed by atoms with Crippen LogP contribution in [-0.4, -0.2) is 51.2 Å². The quantitative estimate of drug-likeness (QED) is 0.454. The predicted octanol–water partition coefficient (Wildman–Crippen LogP) is 2.52. The third kappa shape index (κ3) is 4.26. The second-order valence-corrected chi connectivity index (χ2v) is 8.39. The molecule has 3 heterocycles. The molecular formula is C26H23FN4O4. The molecule has 1 fully saturated rings. The van der Waals surface area contributed by atoms with Crippen LogP contribution < -0.4 is 11.2 Å². The van der Waals surface area contributed by atoms with E-state index in [0.29, 0.717) is 43.2 Å². The average Bonchev–Trinajstić information content (AvgIpc) is 2.88. The van der Waals surface area contributed by atoms with E-state index in [2.05, 4.69) is 4.98 Å². The zero-order valence-electron chi connectivity index (χ0n) is 19.1. The van der Waals surface area contributed by atoms with Gasteiger partial charge >= 0.3 is 5.69 Å². The van der Waals surface area contributed by atoms with Gasteiger partial charge in [-0.05, 0) is 42.8 Å². The smallest absolute Gasteiger partial charge is 0.337 e. The summed E-state index contributed by atoms with van der Waals surface area (Å²) in [4.78, 5) is 47.1. The topological polar surface area (TPSA) is 86.4 Å². The molecule has 0 aliphatic carbocycles. The number of carbonyl (C=O) groups excluding carboxylic acids is 1. The van der Waals surface area contributed by atoms with Crippen LogP contribution in [0.1, 0.15) is 21.6 Å². The van der Waals surface area contributed by atoms with E-state index in [-0.39, 0.29) is 29.0 Å². The number of rotatable bonds is 4. The van der Waals surface area contributed by atoms with Gasteiger partial charge in [-0.15, -0.1) is 0 Å². The third-order valence-electron chi connectivity index (χ3n) is 6.02. The number of aromatic nitrogens is 3. The molecule has 0 N–H and O–H groups in total. The summed E-state index contributed by atoms with van der Waals surface area (Å²) in [5.74, 6) is -0.730. The van der Waals surface area contributed by atoms with Gasteiger partial charge in [0.25, 0.3) is 11.5 Å². The molecule has 0 atom stereocenters. The van der Waals surface area contributed by atoms with E-state index in [1.165, 1.54) is 28.8 Å². The lowest BCUT2D eigenvalue weighted by molar-refractivity contribution is 0.0304. The van der Waals surface area contributed by atoms with Crippen molar-refractivity contribution in [1.82, 2.24) is 19.0 Å². The number of para-hydroxylation sites is 1. The highest BCUT2D eigenvalue weighted by Crippen LogP contribution is 2.20. The molecule has 1 amide bonds. The van der Waals surface area contributed by atoms with Crippen LogP contribution in [0.3, 0.4) is 0 Å². The molecule has 2 aromatic carbocycles. The summed E-state index contributed by atoms with van der Waals surface area (Å²) in [6.45, 7) is 3.28.